The molecule has 1 amide bonds. The average molecular weight is 436 g/mol. The molecule has 8 heteroatoms. The highest BCUT2D eigenvalue weighted by Gasteiger charge is 2.42. The largest absolute Gasteiger partial charge is 0.362 e. The third kappa shape index (κ3) is 3.02. The van der Waals surface area contributed by atoms with Gasteiger partial charge < -0.3 is 10.6 Å². The fourth-order valence-electron chi connectivity index (χ4n) is 3.49. The van der Waals surface area contributed by atoms with Gasteiger partial charge in [0.1, 0.15) is 5.66 Å². The van der Waals surface area contributed by atoms with E-state index in [0.29, 0.717) is 36.4 Å². The van der Waals surface area contributed by atoms with E-state index in [1.54, 1.807) is 36.4 Å². The van der Waals surface area contributed by atoms with Gasteiger partial charge in [-0.1, -0.05) is 34.1 Å². The number of nitrogens with zero attached hydrogens (tertiary/aromatic N) is 1. The third-order valence-electron chi connectivity index (χ3n) is 4.91. The zero-order valence-electron chi connectivity index (χ0n) is 13.9. The second kappa shape index (κ2) is 6.37. The number of hydrogen-bond acceptors (Lipinski definition) is 4. The number of carbonyl (C=O) groups excluding carboxylic acids is 1. The molecule has 0 bridgehead atoms. The van der Waals surface area contributed by atoms with Gasteiger partial charge in [-0.3, -0.25) is 4.79 Å². The van der Waals surface area contributed by atoms with Gasteiger partial charge in [-0.25, -0.2) is 8.42 Å². The number of nitrogens with one attached hydrogen (secondary N) is 2. The van der Waals surface area contributed by atoms with Gasteiger partial charge in [0.15, 0.2) is 0 Å². The summed E-state index contributed by atoms with van der Waals surface area (Å²) < 4.78 is 27.9. The van der Waals surface area contributed by atoms with Gasteiger partial charge in [-0.05, 0) is 30.3 Å². The molecule has 2 aliphatic rings. The maximum atomic E-state index is 12.8. The Morgan fingerprint density at radius 1 is 1.00 bits per heavy atom. The molecule has 0 aliphatic carbocycles. The molecule has 0 radical (unpaired) electrons. The van der Waals surface area contributed by atoms with Crippen LogP contribution >= 0.6 is 15.9 Å². The Bertz CT molecular complexity index is 955. The molecule has 2 heterocycles. The van der Waals surface area contributed by atoms with Crippen LogP contribution in [0.1, 0.15) is 23.2 Å². The monoisotopic (exact) mass is 435 g/mol. The number of amides is 1. The molecule has 0 atom stereocenters. The predicted molar refractivity (Wildman–Crippen MR) is 102 cm³/mol. The smallest absolute Gasteiger partial charge is 0.255 e. The Labute approximate surface area is 160 Å². The Morgan fingerprint density at radius 2 is 1.69 bits per heavy atom. The van der Waals surface area contributed by atoms with Gasteiger partial charge in [-0.2, -0.15) is 4.31 Å². The van der Waals surface area contributed by atoms with Crippen molar-refractivity contribution in [1.29, 1.82) is 0 Å². The van der Waals surface area contributed by atoms with Crippen molar-refractivity contribution in [1.82, 2.24) is 9.62 Å². The average Bonchev–Trinajstić information content (AvgIpc) is 2.64. The minimum absolute atomic E-state index is 0.139. The van der Waals surface area contributed by atoms with Crippen LogP contribution in [-0.2, 0) is 10.0 Å². The van der Waals surface area contributed by atoms with Gasteiger partial charge in [0.25, 0.3) is 5.91 Å². The van der Waals surface area contributed by atoms with E-state index in [1.165, 1.54) is 4.31 Å². The van der Waals surface area contributed by atoms with Crippen LogP contribution in [0.25, 0.3) is 0 Å². The fourth-order valence-corrected chi connectivity index (χ4v) is 5.31. The van der Waals surface area contributed by atoms with Gasteiger partial charge in [0.2, 0.25) is 10.0 Å². The number of piperidine rings is 1. The molecule has 2 aromatic carbocycles. The summed E-state index contributed by atoms with van der Waals surface area (Å²) in [6.45, 7) is 0.687. The molecule has 4 rings (SSSR count). The lowest BCUT2D eigenvalue weighted by molar-refractivity contribution is 0.0865. The number of hydrogen-bond donors (Lipinski definition) is 2. The summed E-state index contributed by atoms with van der Waals surface area (Å²) in [5.74, 6) is -0.139. The highest BCUT2D eigenvalue weighted by molar-refractivity contribution is 9.10. The minimum Gasteiger partial charge on any atom is -0.362 e. The van der Waals surface area contributed by atoms with Crippen LogP contribution < -0.4 is 10.6 Å². The van der Waals surface area contributed by atoms with Crippen molar-refractivity contribution in [2.45, 2.75) is 23.4 Å². The van der Waals surface area contributed by atoms with E-state index in [9.17, 15) is 13.2 Å². The van der Waals surface area contributed by atoms with Crippen LogP contribution in [0.5, 0.6) is 0 Å². The van der Waals surface area contributed by atoms with Crippen LogP contribution in [-0.4, -0.2) is 37.4 Å². The van der Waals surface area contributed by atoms with Crippen LogP contribution in [0.2, 0.25) is 0 Å². The molecule has 2 aromatic rings. The number of rotatable bonds is 2. The summed E-state index contributed by atoms with van der Waals surface area (Å²) in [7, 11) is -3.51. The van der Waals surface area contributed by atoms with Gasteiger partial charge in [0.05, 0.1) is 10.5 Å². The number of fused-ring (bicyclic) bond motifs is 1. The molecule has 1 fully saturated rings. The SMILES string of the molecule is O=C1NC2(CCN(S(=O)(=O)c3ccccc3)CC2)Nc2ccc(Br)cc21. The molecule has 136 valence electrons. The summed E-state index contributed by atoms with van der Waals surface area (Å²) in [5, 5.41) is 6.44. The number of benzene rings is 2. The van der Waals surface area contributed by atoms with Crippen LogP contribution in [0.15, 0.2) is 57.9 Å². The molecule has 6 nitrogen and oxygen atoms in total. The normalized spacial score (nSPS) is 19.5. The second-order valence-corrected chi connectivity index (χ2v) is 9.42. The number of carbonyl (C=O) groups is 1. The summed E-state index contributed by atoms with van der Waals surface area (Å²) in [6.07, 6.45) is 1.00. The minimum atomic E-state index is -3.51. The maximum Gasteiger partial charge on any atom is 0.255 e. The van der Waals surface area contributed by atoms with E-state index < -0.39 is 15.7 Å². The zero-order valence-corrected chi connectivity index (χ0v) is 16.3. The summed E-state index contributed by atoms with van der Waals surface area (Å²) in [5.41, 5.74) is 0.751. The number of halogens is 1. The summed E-state index contributed by atoms with van der Waals surface area (Å²) >= 11 is 3.38. The predicted octanol–water partition coefficient (Wildman–Crippen LogP) is 2.79. The summed E-state index contributed by atoms with van der Waals surface area (Å²) in [4.78, 5) is 12.8. The lowest BCUT2D eigenvalue weighted by Gasteiger charge is -2.45. The van der Waals surface area contributed by atoms with Crippen LogP contribution in [0.3, 0.4) is 0 Å². The first-order chi connectivity index (χ1) is 12.4. The molecule has 1 saturated heterocycles. The van der Waals surface area contributed by atoms with Gasteiger partial charge in [0, 0.05) is 36.1 Å². The Balaban J connectivity index is 1.54. The number of sulfonamides is 1. The topological polar surface area (TPSA) is 78.5 Å². The van der Waals surface area contributed by atoms with E-state index >= 15 is 0 Å². The lowest BCUT2D eigenvalue weighted by Crippen LogP contribution is -2.62. The summed E-state index contributed by atoms with van der Waals surface area (Å²) in [6, 6.07) is 14.0. The first-order valence-corrected chi connectivity index (χ1v) is 10.6. The van der Waals surface area contributed by atoms with E-state index in [0.717, 1.165) is 10.2 Å². The molecule has 0 aromatic heterocycles. The van der Waals surface area contributed by atoms with E-state index in [4.69, 9.17) is 0 Å². The van der Waals surface area contributed by atoms with Crippen molar-refractivity contribution in [2.24, 2.45) is 0 Å². The fraction of sp³-hybridized carbons (Fsp3) is 0.278. The Hall–Kier alpha value is -1.90. The van der Waals surface area contributed by atoms with Crippen molar-refractivity contribution in [3.05, 3.63) is 58.6 Å². The molecule has 0 saturated carbocycles. The molecular weight excluding hydrogens is 418 g/mol. The van der Waals surface area contributed by atoms with E-state index in [2.05, 4.69) is 26.6 Å². The molecular formula is C18H18BrN3O3S. The van der Waals surface area contributed by atoms with Gasteiger partial charge >= 0.3 is 0 Å². The quantitative estimate of drug-likeness (QED) is 0.759. The Morgan fingerprint density at radius 3 is 2.38 bits per heavy atom. The van der Waals surface area contributed by atoms with Crippen molar-refractivity contribution in [2.75, 3.05) is 18.4 Å². The van der Waals surface area contributed by atoms with Crippen LogP contribution in [0, 0.1) is 0 Å². The van der Waals surface area contributed by atoms with Crippen molar-refractivity contribution in [3.8, 4) is 0 Å². The van der Waals surface area contributed by atoms with Crippen molar-refractivity contribution >= 4 is 37.5 Å². The zero-order chi connectivity index (χ0) is 18.4. The molecule has 2 aliphatic heterocycles. The highest BCUT2D eigenvalue weighted by Crippen LogP contribution is 2.34. The molecule has 2 N–H and O–H groups in total. The second-order valence-electron chi connectivity index (χ2n) is 6.57. The lowest BCUT2D eigenvalue weighted by atomic mass is 9.93. The number of anilines is 1. The first-order valence-electron chi connectivity index (χ1n) is 8.35. The standard InChI is InChI=1S/C18H18BrN3O3S/c19-13-6-7-16-15(12-13)17(23)21-18(20-16)8-10-22(11-9-18)26(24,25)14-4-2-1-3-5-14/h1-7,12,20H,8-11H2,(H,21,23). The van der Waals surface area contributed by atoms with E-state index in [1.807, 2.05) is 12.1 Å². The first kappa shape index (κ1) is 17.5. The van der Waals surface area contributed by atoms with Crippen molar-refractivity contribution in [3.63, 3.8) is 0 Å². The van der Waals surface area contributed by atoms with Gasteiger partial charge in [-0.15, -0.1) is 0 Å². The van der Waals surface area contributed by atoms with E-state index in [-0.39, 0.29) is 5.91 Å². The van der Waals surface area contributed by atoms with Crippen molar-refractivity contribution < 1.29 is 13.2 Å². The highest BCUT2D eigenvalue weighted by atomic mass is 79.9. The third-order valence-corrected chi connectivity index (χ3v) is 7.32. The van der Waals surface area contributed by atoms with Crippen LogP contribution in [0.4, 0.5) is 5.69 Å². The maximum absolute atomic E-state index is 12.8. The molecule has 26 heavy (non-hydrogen) atoms. The Kier molecular flexibility index (Phi) is 4.29. The molecule has 0 unspecified atom stereocenters. The molecule has 1 spiro atoms.